The average molecular weight is 1370 g/mol. The molecule has 1 rings (SSSR count). The van der Waals surface area contributed by atoms with Gasteiger partial charge in [-0.2, -0.15) is 0 Å². The van der Waals surface area contributed by atoms with E-state index in [0.717, 1.165) is 12.1 Å². The molecule has 39 nitrogen and oxygen atoms in total. The molecule has 0 unspecified atom stereocenters. The summed E-state index contributed by atoms with van der Waals surface area (Å²) < 4.78 is 68.9. The van der Waals surface area contributed by atoms with E-state index < -0.39 is 332 Å². The number of aromatic hydroxyl groups is 2. The summed E-state index contributed by atoms with van der Waals surface area (Å²) in [5.41, 5.74) is 0. The van der Waals surface area contributed by atoms with E-state index in [4.69, 9.17) is 61.7 Å². The topological polar surface area (TPSA) is 585 Å². The van der Waals surface area contributed by atoms with E-state index in [0.29, 0.717) is 9.63 Å². The molecule has 0 saturated heterocycles. The summed E-state index contributed by atoms with van der Waals surface area (Å²) in [5.74, 6) is -5.84. The van der Waals surface area contributed by atoms with Crippen molar-refractivity contribution in [3.05, 3.63) is 12.1 Å². The summed E-state index contributed by atoms with van der Waals surface area (Å²) >= 11 is 0. The summed E-state index contributed by atoms with van der Waals surface area (Å²) in [6.45, 7) is -17.8. The van der Waals surface area contributed by atoms with Gasteiger partial charge in [0, 0.05) is 18.6 Å². The number of hydrogen-bond acceptors (Lipinski definition) is 35. The number of aliphatic hydroxyl groups is 16. The van der Waals surface area contributed by atoms with Crippen molar-refractivity contribution in [1.29, 1.82) is 0 Å². The van der Waals surface area contributed by atoms with Crippen LogP contribution in [0.5, 0.6) is 11.8 Å². The normalized spacial score (nSPS) is 12.4. The summed E-state index contributed by atoms with van der Waals surface area (Å²) in [6.07, 6.45) is -15.2. The molecule has 0 atom stereocenters. The lowest BCUT2D eigenvalue weighted by Crippen LogP contribution is -2.52. The number of nitrogens with one attached hydrogen (secondary N) is 2. The number of nitrogens with zero attached hydrogens (tertiary/aromatic N) is 2. The van der Waals surface area contributed by atoms with Crippen LogP contribution in [0.3, 0.4) is 0 Å². The maximum atomic E-state index is 14.4. The third kappa shape index (κ3) is 38.2. The first-order valence-corrected chi connectivity index (χ1v) is 29.6. The fourth-order valence-electron chi connectivity index (χ4n) is 7.24. The van der Waals surface area contributed by atoms with E-state index >= 15 is 0 Å². The monoisotopic (exact) mass is 1360 g/mol. The molecular formula is C54H100N4O35. The summed E-state index contributed by atoms with van der Waals surface area (Å²) in [7, 11) is 0. The van der Waals surface area contributed by atoms with E-state index in [1.54, 1.807) is 0 Å². The Morgan fingerprint density at radius 1 is 0.323 bits per heavy atom. The third-order valence-electron chi connectivity index (χ3n) is 12.8. The summed E-state index contributed by atoms with van der Waals surface area (Å²) in [5, 5.41) is 180. The van der Waals surface area contributed by atoms with Gasteiger partial charge in [0.2, 0.25) is 29.5 Å². The number of carbonyl (C=O) groups excluding carboxylic acids is 4. The lowest BCUT2D eigenvalue weighted by molar-refractivity contribution is -0.148. The number of aliphatic hydroxyl groups excluding tert-OH is 16. The molecule has 0 aliphatic heterocycles. The number of ether oxygens (including phenoxy) is 12. The van der Waals surface area contributed by atoms with Gasteiger partial charge in [-0.15, -0.1) is 4.73 Å². The highest BCUT2D eigenvalue weighted by Gasteiger charge is 2.30. The molecule has 0 aromatic carbocycles. The highest BCUT2D eigenvalue weighted by atomic mass is 16.7. The molecule has 1 aromatic heterocycles. The number of amides is 3. The lowest BCUT2D eigenvalue weighted by Gasteiger charge is -2.29. The fraction of sp³-hybridized carbons (Fsp3) is 0.852. The SMILES string of the molecule is O=C(CN(CC(=O)NC(COC(COC(CO)CO)COC(CO)CO)COC(COC(CO)CO)COC(CO)CO)C(=O)CCC(=O)On1c(O)ccc1O)NC(COC(COC(CO)CO)COC(CO)CO)COC(COC(CO)CO)COC(CO)CO. The van der Waals surface area contributed by atoms with Crippen LogP contribution in [0.2, 0.25) is 0 Å². The maximum absolute atomic E-state index is 14.4. The van der Waals surface area contributed by atoms with Crippen LogP contribution in [-0.4, -0.2) is 409 Å². The molecule has 93 heavy (non-hydrogen) atoms. The van der Waals surface area contributed by atoms with E-state index in [9.17, 15) is 111 Å². The predicted octanol–water partition coefficient (Wildman–Crippen LogP) is -12.1. The second-order valence-corrected chi connectivity index (χ2v) is 20.5. The largest absolute Gasteiger partial charge is 0.492 e. The molecule has 0 radical (unpaired) electrons. The van der Waals surface area contributed by atoms with Crippen molar-refractivity contribution in [2.45, 2.75) is 98.2 Å². The lowest BCUT2D eigenvalue weighted by atomic mass is 10.2. The minimum Gasteiger partial charge on any atom is -0.492 e. The predicted molar refractivity (Wildman–Crippen MR) is 309 cm³/mol. The zero-order valence-electron chi connectivity index (χ0n) is 51.7. The van der Waals surface area contributed by atoms with Crippen LogP contribution in [-0.2, 0) is 76.0 Å². The van der Waals surface area contributed by atoms with Gasteiger partial charge < -0.3 is 169 Å². The van der Waals surface area contributed by atoms with Crippen LogP contribution < -0.4 is 15.5 Å². The second-order valence-electron chi connectivity index (χ2n) is 20.5. The molecule has 20 N–H and O–H groups in total. The number of carbonyl (C=O) groups is 4. The standard InChI is InChI=1S/C54H100N4O35/c59-7-37(8-60)85-27-45(28-86-38(9-61)10-62)81-23-35(24-82-46(29-87-39(11-63)12-64)30-88-40(13-65)14-66)55-49(75)5-57(51(77)3-4-54(80)93-58-52(78)1-2-53(58)79)6-50(76)56-36(25-83-47(31-89-41(15-67)16-68)32-90-42(17-69)18-70)26-84-48(33-91-43(19-71)20-72)34-92-44(21-73)22-74/h1-2,35-48,59-74,78-79H,3-34H2,(H,55,75)(H,56,76). The Kier molecular flexibility index (Phi) is 50.1. The first kappa shape index (κ1) is 86.7. The van der Waals surface area contributed by atoms with Crippen molar-refractivity contribution in [3.8, 4) is 11.8 Å². The van der Waals surface area contributed by atoms with Crippen molar-refractivity contribution in [3.63, 3.8) is 0 Å². The maximum Gasteiger partial charge on any atom is 0.333 e. The molecule has 0 aliphatic carbocycles. The first-order valence-electron chi connectivity index (χ1n) is 29.6. The van der Waals surface area contributed by atoms with Gasteiger partial charge in [0.25, 0.3) is 0 Å². The van der Waals surface area contributed by atoms with Crippen LogP contribution in [0.1, 0.15) is 12.8 Å². The Morgan fingerprint density at radius 2 is 0.527 bits per heavy atom. The molecule has 39 heteroatoms. The van der Waals surface area contributed by atoms with Crippen molar-refractivity contribution in [1.82, 2.24) is 20.3 Å². The van der Waals surface area contributed by atoms with Crippen molar-refractivity contribution in [2.24, 2.45) is 0 Å². The Balaban J connectivity index is 3.95. The van der Waals surface area contributed by atoms with Crippen LogP contribution in [0.4, 0.5) is 0 Å². The highest BCUT2D eigenvalue weighted by Crippen LogP contribution is 2.19. The van der Waals surface area contributed by atoms with E-state index in [2.05, 4.69) is 10.6 Å². The van der Waals surface area contributed by atoms with Gasteiger partial charge in [-0.1, -0.05) is 0 Å². The van der Waals surface area contributed by atoms with Crippen molar-refractivity contribution >= 4 is 23.7 Å². The molecule has 0 aliphatic rings. The Labute approximate surface area is 535 Å². The van der Waals surface area contributed by atoms with E-state index in [1.165, 1.54) is 0 Å². The Morgan fingerprint density at radius 3 is 0.731 bits per heavy atom. The quantitative estimate of drug-likeness (QED) is 0.0288. The molecule has 1 heterocycles. The fourth-order valence-corrected chi connectivity index (χ4v) is 7.24. The van der Waals surface area contributed by atoms with Crippen molar-refractivity contribution < 1.29 is 173 Å². The molecule has 0 fully saturated rings. The molecule has 0 bridgehead atoms. The van der Waals surface area contributed by atoms with Crippen LogP contribution >= 0.6 is 0 Å². The number of hydrogen-bond donors (Lipinski definition) is 20. The van der Waals surface area contributed by atoms with Gasteiger partial charge in [-0.25, -0.2) is 4.79 Å². The smallest absolute Gasteiger partial charge is 0.333 e. The van der Waals surface area contributed by atoms with Gasteiger partial charge in [0.1, 0.15) is 86.3 Å². The van der Waals surface area contributed by atoms with Gasteiger partial charge in [-0.05, 0) is 0 Å². The molecule has 546 valence electrons. The summed E-state index contributed by atoms with van der Waals surface area (Å²) in [4.78, 5) is 61.7. The number of rotatable bonds is 62. The first-order chi connectivity index (χ1) is 44.8. The zero-order chi connectivity index (χ0) is 69.3. The van der Waals surface area contributed by atoms with E-state index in [-0.39, 0.29) is 0 Å². The van der Waals surface area contributed by atoms with Gasteiger partial charge in [0.05, 0.1) is 203 Å². The summed E-state index contributed by atoms with van der Waals surface area (Å²) in [6, 6.07) is -0.691. The van der Waals surface area contributed by atoms with Crippen LogP contribution in [0.15, 0.2) is 12.1 Å². The van der Waals surface area contributed by atoms with Crippen LogP contribution in [0, 0.1) is 0 Å². The van der Waals surface area contributed by atoms with Gasteiger partial charge >= 0.3 is 5.97 Å². The highest BCUT2D eigenvalue weighted by molar-refractivity contribution is 5.90. The number of aromatic nitrogens is 1. The molecule has 0 spiro atoms. The van der Waals surface area contributed by atoms with Crippen LogP contribution in [0.25, 0.3) is 0 Å². The molecular weight excluding hydrogens is 1260 g/mol. The van der Waals surface area contributed by atoms with Gasteiger partial charge in [-0.3, -0.25) is 14.4 Å². The minimum absolute atomic E-state index is 0.339. The van der Waals surface area contributed by atoms with E-state index in [1.807, 2.05) is 0 Å². The average Bonchev–Trinajstić information content (AvgIpc) is 2.33. The Bertz CT molecular complexity index is 1750. The van der Waals surface area contributed by atoms with Crippen molar-refractivity contribution in [2.75, 3.05) is 198 Å². The Hall–Kier alpha value is -4.36. The van der Waals surface area contributed by atoms with Gasteiger partial charge in [0.15, 0.2) is 0 Å². The second kappa shape index (κ2) is 53.7. The molecule has 1 aromatic rings. The third-order valence-corrected chi connectivity index (χ3v) is 12.8. The minimum atomic E-state index is -1.33. The zero-order valence-corrected chi connectivity index (χ0v) is 51.7. The molecule has 0 saturated carbocycles. The molecule has 3 amide bonds.